The lowest BCUT2D eigenvalue weighted by Crippen LogP contribution is -2.45. The zero-order valence-electron chi connectivity index (χ0n) is 12.2. The van der Waals surface area contributed by atoms with Crippen LogP contribution in [-0.2, 0) is 11.8 Å². The van der Waals surface area contributed by atoms with Gasteiger partial charge in [-0.15, -0.1) is 0 Å². The van der Waals surface area contributed by atoms with Gasteiger partial charge in [0, 0.05) is 13.5 Å². The fourth-order valence-corrected chi connectivity index (χ4v) is 2.66. The smallest absolute Gasteiger partial charge is 0.220 e. The van der Waals surface area contributed by atoms with Crippen molar-refractivity contribution in [2.75, 3.05) is 5.32 Å². The summed E-state index contributed by atoms with van der Waals surface area (Å²) in [4.78, 5) is 19.9. The molecule has 0 radical (unpaired) electrons. The Balaban J connectivity index is 1.82. The molecule has 1 aliphatic heterocycles. The van der Waals surface area contributed by atoms with E-state index in [4.69, 9.17) is 5.26 Å². The first-order valence-corrected chi connectivity index (χ1v) is 7.05. The minimum atomic E-state index is -0.149. The fourth-order valence-electron chi connectivity index (χ4n) is 2.66. The minimum absolute atomic E-state index is 0.0437. The third-order valence-corrected chi connectivity index (χ3v) is 3.80. The first-order chi connectivity index (χ1) is 10.7. The van der Waals surface area contributed by atoms with Gasteiger partial charge in [0.1, 0.15) is 11.8 Å². The second-order valence-corrected chi connectivity index (χ2v) is 5.31. The maximum atomic E-state index is 11.7. The van der Waals surface area contributed by atoms with Crippen LogP contribution in [0.2, 0.25) is 0 Å². The van der Waals surface area contributed by atoms with E-state index in [1.165, 1.54) is 0 Å². The van der Waals surface area contributed by atoms with Crippen LogP contribution in [-0.4, -0.2) is 26.5 Å². The van der Waals surface area contributed by atoms with Crippen LogP contribution in [0.5, 0.6) is 0 Å². The van der Waals surface area contributed by atoms with E-state index in [0.29, 0.717) is 12.1 Å². The number of aromatic nitrogens is 3. The summed E-state index contributed by atoms with van der Waals surface area (Å²) >= 11 is 0. The Hall–Kier alpha value is -2.88. The molecular weight excluding hydrogens is 280 g/mol. The molecule has 3 heterocycles. The van der Waals surface area contributed by atoms with Crippen molar-refractivity contribution in [3.05, 3.63) is 42.2 Å². The van der Waals surface area contributed by atoms with Crippen molar-refractivity contribution in [1.29, 1.82) is 5.26 Å². The van der Waals surface area contributed by atoms with Crippen molar-refractivity contribution in [2.24, 2.45) is 7.05 Å². The van der Waals surface area contributed by atoms with Crippen LogP contribution >= 0.6 is 0 Å². The van der Waals surface area contributed by atoms with Gasteiger partial charge in [0.05, 0.1) is 42.2 Å². The molecule has 0 spiro atoms. The van der Waals surface area contributed by atoms with E-state index < -0.39 is 0 Å². The number of pyridine rings is 1. The van der Waals surface area contributed by atoms with E-state index in [0.717, 1.165) is 17.8 Å². The molecule has 112 valence electrons. The molecule has 2 aromatic heterocycles. The van der Waals surface area contributed by atoms with Crippen molar-refractivity contribution in [3.63, 3.8) is 0 Å². The average molecular weight is 296 g/mol. The summed E-state index contributed by atoms with van der Waals surface area (Å²) in [5.41, 5.74) is 2.16. The number of anilines is 1. The lowest BCUT2D eigenvalue weighted by atomic mass is 9.95. The van der Waals surface area contributed by atoms with Gasteiger partial charge >= 0.3 is 0 Å². The quantitative estimate of drug-likeness (QED) is 0.885. The van der Waals surface area contributed by atoms with Crippen LogP contribution in [0.25, 0.3) is 0 Å². The summed E-state index contributed by atoms with van der Waals surface area (Å²) in [6.07, 6.45) is 6.32. The highest BCUT2D eigenvalue weighted by Crippen LogP contribution is 2.26. The van der Waals surface area contributed by atoms with Gasteiger partial charge in [0.2, 0.25) is 5.91 Å². The Bertz CT molecular complexity index is 714. The van der Waals surface area contributed by atoms with Crippen LogP contribution in [0.15, 0.2) is 30.9 Å². The number of nitriles is 1. The van der Waals surface area contributed by atoms with E-state index in [1.807, 2.05) is 23.8 Å². The summed E-state index contributed by atoms with van der Waals surface area (Å²) in [7, 11) is 1.91. The van der Waals surface area contributed by atoms with E-state index in [1.54, 1.807) is 24.8 Å². The molecule has 2 atom stereocenters. The molecule has 0 aliphatic carbocycles. The Morgan fingerprint density at radius 2 is 2.32 bits per heavy atom. The number of carbonyl (C=O) groups is 1. The molecule has 2 aromatic rings. The molecule has 0 bridgehead atoms. The fraction of sp³-hybridized carbons (Fsp3) is 0.333. The number of nitrogens with zero attached hydrogens (tertiary/aromatic N) is 4. The number of rotatable bonds is 3. The second-order valence-electron chi connectivity index (χ2n) is 5.31. The maximum Gasteiger partial charge on any atom is 0.220 e. The van der Waals surface area contributed by atoms with Crippen molar-refractivity contribution >= 4 is 11.6 Å². The molecule has 0 aromatic carbocycles. The molecule has 0 saturated carbocycles. The minimum Gasteiger partial charge on any atom is -0.379 e. The third-order valence-electron chi connectivity index (χ3n) is 3.80. The highest BCUT2D eigenvalue weighted by atomic mass is 16.1. The van der Waals surface area contributed by atoms with Gasteiger partial charge in [-0.1, -0.05) is 0 Å². The molecule has 2 N–H and O–H groups in total. The van der Waals surface area contributed by atoms with E-state index in [-0.39, 0.29) is 18.0 Å². The van der Waals surface area contributed by atoms with E-state index in [9.17, 15) is 4.79 Å². The first-order valence-electron chi connectivity index (χ1n) is 7.05. The summed E-state index contributed by atoms with van der Waals surface area (Å²) in [5.74, 6) is 0.0437. The molecule has 3 rings (SSSR count). The summed E-state index contributed by atoms with van der Waals surface area (Å²) < 4.78 is 1.90. The topological polar surface area (TPSA) is 95.6 Å². The van der Waals surface area contributed by atoms with Crippen LogP contribution in [0.3, 0.4) is 0 Å². The Kier molecular flexibility index (Phi) is 3.74. The molecule has 22 heavy (non-hydrogen) atoms. The van der Waals surface area contributed by atoms with Crippen molar-refractivity contribution in [2.45, 2.75) is 24.9 Å². The zero-order valence-corrected chi connectivity index (χ0v) is 12.2. The lowest BCUT2D eigenvalue weighted by Gasteiger charge is -2.33. The highest BCUT2D eigenvalue weighted by molar-refractivity contribution is 5.77. The van der Waals surface area contributed by atoms with Crippen LogP contribution in [0.4, 0.5) is 5.69 Å². The van der Waals surface area contributed by atoms with E-state index >= 15 is 0 Å². The number of hydrogen-bond donors (Lipinski definition) is 2. The van der Waals surface area contributed by atoms with Gasteiger partial charge in [-0.2, -0.15) is 5.26 Å². The molecule has 1 saturated heterocycles. The van der Waals surface area contributed by atoms with Gasteiger partial charge in [0.15, 0.2) is 0 Å². The Morgan fingerprint density at radius 1 is 1.45 bits per heavy atom. The van der Waals surface area contributed by atoms with Crippen molar-refractivity contribution in [3.8, 4) is 6.07 Å². The van der Waals surface area contributed by atoms with Gasteiger partial charge < -0.3 is 15.2 Å². The van der Waals surface area contributed by atoms with Gasteiger partial charge in [0.25, 0.3) is 0 Å². The van der Waals surface area contributed by atoms with Crippen molar-refractivity contribution < 1.29 is 4.79 Å². The van der Waals surface area contributed by atoms with Gasteiger partial charge in [-0.25, -0.2) is 9.97 Å². The summed E-state index contributed by atoms with van der Waals surface area (Å²) in [6, 6.07) is 5.38. The largest absolute Gasteiger partial charge is 0.379 e. The van der Waals surface area contributed by atoms with E-state index in [2.05, 4.69) is 20.6 Å². The maximum absolute atomic E-state index is 11.7. The number of hydrogen-bond acceptors (Lipinski definition) is 5. The van der Waals surface area contributed by atoms with Gasteiger partial charge in [-0.3, -0.25) is 4.79 Å². The first kappa shape index (κ1) is 14.1. The summed E-state index contributed by atoms with van der Waals surface area (Å²) in [5, 5.41) is 15.2. The molecule has 0 unspecified atom stereocenters. The van der Waals surface area contributed by atoms with Crippen LogP contribution in [0.1, 0.15) is 30.3 Å². The summed E-state index contributed by atoms with van der Waals surface area (Å²) in [6.45, 7) is 0. The molecule has 1 fully saturated rings. The number of carbonyl (C=O) groups excluding carboxylic acids is 1. The highest BCUT2D eigenvalue weighted by Gasteiger charge is 2.31. The number of amides is 1. The zero-order chi connectivity index (χ0) is 15.5. The number of aryl methyl sites for hydroxylation is 1. The molecule has 1 aliphatic rings. The lowest BCUT2D eigenvalue weighted by molar-refractivity contribution is -0.123. The molecular formula is C15H16N6O. The molecule has 7 nitrogen and oxygen atoms in total. The third kappa shape index (κ3) is 2.76. The average Bonchev–Trinajstić information content (AvgIpc) is 2.96. The number of piperidine rings is 1. The Labute approximate surface area is 128 Å². The normalized spacial score (nSPS) is 21.0. The van der Waals surface area contributed by atoms with Crippen LogP contribution < -0.4 is 10.6 Å². The predicted molar refractivity (Wildman–Crippen MR) is 79.7 cm³/mol. The second kappa shape index (κ2) is 5.85. The monoisotopic (exact) mass is 296 g/mol. The number of imidazole rings is 1. The number of nitrogens with one attached hydrogen (secondary N) is 2. The SMILES string of the molecule is Cn1cncc1[C@@H]1NC(=O)CC[C@H]1Nc1ccc(C#N)nc1. The Morgan fingerprint density at radius 3 is 2.95 bits per heavy atom. The molecule has 1 amide bonds. The van der Waals surface area contributed by atoms with Crippen molar-refractivity contribution in [1.82, 2.24) is 19.9 Å². The molecule has 7 heteroatoms. The van der Waals surface area contributed by atoms with Gasteiger partial charge in [-0.05, 0) is 18.6 Å². The standard InChI is InChI=1S/C15H16N6O/c1-21-9-17-8-13(21)15-12(4-5-14(22)20-15)19-11-3-2-10(6-16)18-7-11/h2-3,7-9,12,15,19H,4-5H2,1H3,(H,20,22)/t12-,15-/m1/s1. The predicted octanol–water partition coefficient (Wildman–Crippen LogP) is 1.12. The van der Waals surface area contributed by atoms with Crippen LogP contribution in [0, 0.1) is 11.3 Å².